The molecule has 0 aliphatic carbocycles. The Morgan fingerprint density at radius 1 is 1.32 bits per heavy atom. The van der Waals surface area contributed by atoms with E-state index in [0.717, 1.165) is 51.2 Å². The molecule has 6 heteroatoms. The van der Waals surface area contributed by atoms with Crippen LogP contribution in [-0.4, -0.2) is 62.1 Å². The molecular formula is C19H30F2N4. The van der Waals surface area contributed by atoms with Crippen molar-refractivity contribution in [2.75, 3.05) is 46.3 Å². The summed E-state index contributed by atoms with van der Waals surface area (Å²) < 4.78 is 26.9. The molecule has 1 heterocycles. The molecule has 1 aliphatic rings. The summed E-state index contributed by atoms with van der Waals surface area (Å²) in [6.45, 7) is 10.2. The van der Waals surface area contributed by atoms with Gasteiger partial charge in [0.25, 0.3) is 0 Å². The molecule has 0 saturated carbocycles. The Kier molecular flexibility index (Phi) is 7.62. The summed E-state index contributed by atoms with van der Waals surface area (Å²) in [6, 6.07) is 3.58. The predicted octanol–water partition coefficient (Wildman–Crippen LogP) is 2.75. The van der Waals surface area contributed by atoms with E-state index in [2.05, 4.69) is 34.0 Å². The van der Waals surface area contributed by atoms with Crippen LogP contribution in [0, 0.1) is 17.6 Å². The van der Waals surface area contributed by atoms with Crippen LogP contribution in [0.2, 0.25) is 0 Å². The van der Waals surface area contributed by atoms with Crippen molar-refractivity contribution in [1.29, 1.82) is 0 Å². The fourth-order valence-corrected chi connectivity index (χ4v) is 3.40. The zero-order chi connectivity index (χ0) is 18.2. The Hall–Kier alpha value is -1.69. The van der Waals surface area contributed by atoms with Gasteiger partial charge in [0.15, 0.2) is 5.96 Å². The minimum atomic E-state index is -0.403. The van der Waals surface area contributed by atoms with E-state index < -0.39 is 5.82 Å². The van der Waals surface area contributed by atoms with Crippen molar-refractivity contribution in [3.8, 4) is 0 Å². The van der Waals surface area contributed by atoms with E-state index in [1.165, 1.54) is 12.1 Å². The second kappa shape index (κ2) is 9.70. The van der Waals surface area contributed by atoms with Gasteiger partial charge in [-0.3, -0.25) is 4.99 Å². The number of aliphatic imine (C=N–C) groups is 1. The summed E-state index contributed by atoms with van der Waals surface area (Å²) in [4.78, 5) is 9.06. The van der Waals surface area contributed by atoms with Crippen molar-refractivity contribution in [3.05, 3.63) is 35.4 Å². The molecule has 1 unspecified atom stereocenters. The molecule has 1 saturated heterocycles. The maximum Gasteiger partial charge on any atom is 0.193 e. The normalized spacial score (nSPS) is 18.2. The maximum absolute atomic E-state index is 13.7. The molecule has 4 nitrogen and oxygen atoms in total. The summed E-state index contributed by atoms with van der Waals surface area (Å²) in [6.07, 6.45) is 1.59. The van der Waals surface area contributed by atoms with E-state index in [9.17, 15) is 8.78 Å². The Labute approximate surface area is 149 Å². The molecule has 1 aliphatic heterocycles. The summed E-state index contributed by atoms with van der Waals surface area (Å²) in [5.41, 5.74) is 0.392. The van der Waals surface area contributed by atoms with E-state index >= 15 is 0 Å². The molecule has 0 radical (unpaired) electrons. The van der Waals surface area contributed by atoms with E-state index in [-0.39, 0.29) is 5.82 Å². The minimum absolute atomic E-state index is 0.362. The van der Waals surface area contributed by atoms with E-state index in [1.54, 1.807) is 7.05 Å². The molecule has 1 atom stereocenters. The quantitative estimate of drug-likeness (QED) is 0.605. The van der Waals surface area contributed by atoms with Gasteiger partial charge in [-0.15, -0.1) is 0 Å². The average molecular weight is 352 g/mol. The first-order valence-corrected chi connectivity index (χ1v) is 9.19. The fraction of sp³-hybridized carbons (Fsp3) is 0.632. The molecular weight excluding hydrogens is 322 g/mol. The van der Waals surface area contributed by atoms with Crippen LogP contribution in [-0.2, 0) is 6.42 Å². The summed E-state index contributed by atoms with van der Waals surface area (Å²) in [5, 5.41) is 3.28. The second-order valence-corrected chi connectivity index (χ2v) is 6.55. The molecule has 140 valence electrons. The third-order valence-corrected chi connectivity index (χ3v) is 4.89. The summed E-state index contributed by atoms with van der Waals surface area (Å²) in [7, 11) is 1.77. The number of halogens is 2. The first kappa shape index (κ1) is 19.6. The summed E-state index contributed by atoms with van der Waals surface area (Å²) in [5.74, 6) is 0.733. The van der Waals surface area contributed by atoms with Crippen LogP contribution in [0.15, 0.2) is 23.2 Å². The zero-order valence-corrected chi connectivity index (χ0v) is 15.6. The number of guanidine groups is 1. The molecule has 0 bridgehead atoms. The molecule has 0 spiro atoms. The van der Waals surface area contributed by atoms with Crippen LogP contribution in [0.25, 0.3) is 0 Å². The Bertz CT molecular complexity index is 573. The highest BCUT2D eigenvalue weighted by atomic mass is 19.1. The van der Waals surface area contributed by atoms with Crippen molar-refractivity contribution >= 4 is 5.96 Å². The van der Waals surface area contributed by atoms with Crippen molar-refractivity contribution < 1.29 is 8.78 Å². The van der Waals surface area contributed by atoms with Crippen LogP contribution in [0.1, 0.15) is 25.8 Å². The minimum Gasteiger partial charge on any atom is -0.356 e. The Morgan fingerprint density at radius 2 is 2.08 bits per heavy atom. The van der Waals surface area contributed by atoms with Crippen molar-refractivity contribution in [1.82, 2.24) is 15.1 Å². The lowest BCUT2D eigenvalue weighted by molar-refractivity contribution is 0.255. The third kappa shape index (κ3) is 5.66. The van der Waals surface area contributed by atoms with Gasteiger partial charge in [-0.2, -0.15) is 0 Å². The van der Waals surface area contributed by atoms with Gasteiger partial charge in [-0.25, -0.2) is 8.78 Å². The van der Waals surface area contributed by atoms with Gasteiger partial charge >= 0.3 is 0 Å². The Balaban J connectivity index is 1.82. The lowest BCUT2D eigenvalue weighted by atomic mass is 10.1. The summed E-state index contributed by atoms with van der Waals surface area (Å²) >= 11 is 0. The van der Waals surface area contributed by atoms with E-state index in [0.29, 0.717) is 24.4 Å². The van der Waals surface area contributed by atoms with Gasteiger partial charge in [0.2, 0.25) is 0 Å². The molecule has 1 aromatic carbocycles. The first-order valence-electron chi connectivity index (χ1n) is 9.19. The van der Waals surface area contributed by atoms with Gasteiger partial charge in [-0.05, 0) is 55.6 Å². The molecule has 1 aromatic rings. The number of nitrogens with zero attached hydrogens (tertiary/aromatic N) is 3. The zero-order valence-electron chi connectivity index (χ0n) is 15.6. The van der Waals surface area contributed by atoms with Crippen molar-refractivity contribution in [2.24, 2.45) is 10.9 Å². The molecule has 25 heavy (non-hydrogen) atoms. The molecule has 2 rings (SSSR count). The topological polar surface area (TPSA) is 30.9 Å². The lowest BCUT2D eigenvalue weighted by Gasteiger charge is -2.24. The third-order valence-electron chi connectivity index (χ3n) is 4.89. The number of hydrogen-bond donors (Lipinski definition) is 1. The van der Waals surface area contributed by atoms with Crippen LogP contribution in [0.5, 0.6) is 0 Å². The highest BCUT2D eigenvalue weighted by molar-refractivity contribution is 5.80. The standard InChI is InChI=1S/C19H30F2N4/c1-4-24(5-2)13-15-9-11-25(14-15)19(22-3)23-10-8-16-12-17(20)6-7-18(16)21/h6-7,12,15H,4-5,8-11,13-14H2,1-3H3,(H,22,23). The second-order valence-electron chi connectivity index (χ2n) is 6.55. The number of nitrogens with one attached hydrogen (secondary N) is 1. The van der Waals surface area contributed by atoms with Gasteiger partial charge < -0.3 is 15.1 Å². The number of benzene rings is 1. The van der Waals surface area contributed by atoms with Crippen LogP contribution >= 0.6 is 0 Å². The van der Waals surface area contributed by atoms with Gasteiger partial charge in [0, 0.05) is 33.2 Å². The highest BCUT2D eigenvalue weighted by Gasteiger charge is 2.25. The van der Waals surface area contributed by atoms with Crippen molar-refractivity contribution in [3.63, 3.8) is 0 Å². The number of likely N-dealkylation sites (tertiary alicyclic amines) is 1. The molecule has 0 amide bonds. The SMILES string of the molecule is CCN(CC)CC1CCN(C(=NC)NCCc2cc(F)ccc2F)C1. The fourth-order valence-electron chi connectivity index (χ4n) is 3.40. The maximum atomic E-state index is 13.7. The molecule has 1 fully saturated rings. The van der Waals surface area contributed by atoms with Crippen LogP contribution in [0.3, 0.4) is 0 Å². The lowest BCUT2D eigenvalue weighted by Crippen LogP contribution is -2.41. The molecule has 1 N–H and O–H groups in total. The van der Waals surface area contributed by atoms with Crippen LogP contribution < -0.4 is 5.32 Å². The number of hydrogen-bond acceptors (Lipinski definition) is 2. The highest BCUT2D eigenvalue weighted by Crippen LogP contribution is 2.17. The van der Waals surface area contributed by atoms with Gasteiger partial charge in [0.05, 0.1) is 0 Å². The number of rotatable bonds is 7. The predicted molar refractivity (Wildman–Crippen MR) is 98.9 cm³/mol. The van der Waals surface area contributed by atoms with Crippen LogP contribution in [0.4, 0.5) is 8.78 Å². The van der Waals surface area contributed by atoms with E-state index in [4.69, 9.17) is 0 Å². The monoisotopic (exact) mass is 352 g/mol. The Morgan fingerprint density at radius 3 is 2.76 bits per heavy atom. The van der Waals surface area contributed by atoms with E-state index in [1.807, 2.05) is 0 Å². The average Bonchev–Trinajstić information content (AvgIpc) is 3.07. The largest absolute Gasteiger partial charge is 0.356 e. The van der Waals surface area contributed by atoms with Gasteiger partial charge in [-0.1, -0.05) is 13.8 Å². The first-order chi connectivity index (χ1) is 12.1. The van der Waals surface area contributed by atoms with Gasteiger partial charge in [0.1, 0.15) is 11.6 Å². The molecule has 0 aromatic heterocycles. The van der Waals surface area contributed by atoms with Crippen molar-refractivity contribution in [2.45, 2.75) is 26.7 Å². The smallest absolute Gasteiger partial charge is 0.193 e.